The van der Waals surface area contributed by atoms with Gasteiger partial charge in [-0.3, -0.25) is 0 Å². The smallest absolute Gasteiger partial charge is 0.145 e. The van der Waals surface area contributed by atoms with Crippen LogP contribution in [-0.4, -0.2) is 25.4 Å². The van der Waals surface area contributed by atoms with Crippen LogP contribution in [0.1, 0.15) is 6.42 Å². The van der Waals surface area contributed by atoms with Crippen LogP contribution in [0.2, 0.25) is 0 Å². The lowest BCUT2D eigenvalue weighted by Crippen LogP contribution is -2.02. The summed E-state index contributed by atoms with van der Waals surface area (Å²) in [7, 11) is 1.59. The Bertz CT molecular complexity index is 289. The van der Waals surface area contributed by atoms with E-state index in [0.29, 0.717) is 30.2 Å². The first-order valence-electron chi connectivity index (χ1n) is 4.45. The summed E-state index contributed by atoms with van der Waals surface area (Å²) in [5.41, 5.74) is 6.26. The molecule has 0 amide bonds. The summed E-state index contributed by atoms with van der Waals surface area (Å²) in [6.45, 7) is 0.567. The highest BCUT2D eigenvalue weighted by molar-refractivity contribution is 5.55. The Morgan fingerprint density at radius 3 is 2.86 bits per heavy atom. The molecular weight excluding hydrogens is 182 g/mol. The molecule has 78 valence electrons. The number of rotatable bonds is 5. The molecule has 0 heterocycles. The second-order valence-electron chi connectivity index (χ2n) is 2.83. The molecule has 0 aromatic heterocycles. The van der Waals surface area contributed by atoms with Gasteiger partial charge in [-0.1, -0.05) is 0 Å². The van der Waals surface area contributed by atoms with Gasteiger partial charge in [-0.25, -0.2) is 0 Å². The van der Waals surface area contributed by atoms with E-state index in [0.717, 1.165) is 0 Å². The van der Waals surface area contributed by atoms with Gasteiger partial charge in [0.25, 0.3) is 0 Å². The summed E-state index contributed by atoms with van der Waals surface area (Å²) in [6.07, 6.45) is 0.594. The molecule has 0 bridgehead atoms. The number of anilines is 1. The lowest BCUT2D eigenvalue weighted by Gasteiger charge is -2.09. The van der Waals surface area contributed by atoms with Crippen LogP contribution in [-0.2, 0) is 0 Å². The lowest BCUT2D eigenvalue weighted by molar-refractivity contribution is 0.234. The molecular formula is C10H15NO3. The van der Waals surface area contributed by atoms with Gasteiger partial charge in [0.2, 0.25) is 0 Å². The van der Waals surface area contributed by atoms with Crippen LogP contribution in [0.3, 0.4) is 0 Å². The van der Waals surface area contributed by atoms with E-state index in [-0.39, 0.29) is 6.61 Å². The third kappa shape index (κ3) is 2.81. The number of hydrogen-bond acceptors (Lipinski definition) is 4. The molecule has 1 rings (SSSR count). The molecule has 1 aromatic rings. The van der Waals surface area contributed by atoms with Crippen LogP contribution in [0.4, 0.5) is 5.69 Å². The summed E-state index contributed by atoms with van der Waals surface area (Å²) in [6, 6.07) is 5.23. The largest absolute Gasteiger partial charge is 0.497 e. The van der Waals surface area contributed by atoms with Crippen molar-refractivity contribution in [2.24, 2.45) is 0 Å². The van der Waals surface area contributed by atoms with Gasteiger partial charge >= 0.3 is 0 Å². The number of hydrogen-bond donors (Lipinski definition) is 2. The zero-order valence-corrected chi connectivity index (χ0v) is 8.19. The molecule has 0 atom stereocenters. The van der Waals surface area contributed by atoms with Crippen molar-refractivity contribution in [1.29, 1.82) is 0 Å². The third-order valence-corrected chi connectivity index (χ3v) is 1.78. The van der Waals surface area contributed by atoms with Crippen LogP contribution in [0.25, 0.3) is 0 Å². The zero-order valence-electron chi connectivity index (χ0n) is 8.19. The highest BCUT2D eigenvalue weighted by atomic mass is 16.5. The minimum absolute atomic E-state index is 0.115. The highest BCUT2D eigenvalue weighted by Gasteiger charge is 2.01. The van der Waals surface area contributed by atoms with E-state index in [1.165, 1.54) is 0 Å². The molecule has 0 aliphatic carbocycles. The molecule has 14 heavy (non-hydrogen) atoms. The molecule has 4 nitrogen and oxygen atoms in total. The van der Waals surface area contributed by atoms with Crippen molar-refractivity contribution in [2.45, 2.75) is 6.42 Å². The molecule has 0 aliphatic heterocycles. The van der Waals surface area contributed by atoms with Crippen molar-refractivity contribution >= 4 is 5.69 Å². The number of benzene rings is 1. The summed E-state index contributed by atoms with van der Waals surface area (Å²) in [4.78, 5) is 0. The SMILES string of the molecule is COc1ccc(N)c(OCCCO)c1. The molecule has 0 unspecified atom stereocenters. The summed E-state index contributed by atoms with van der Waals surface area (Å²) < 4.78 is 10.4. The zero-order chi connectivity index (χ0) is 10.4. The van der Waals surface area contributed by atoms with E-state index in [4.69, 9.17) is 20.3 Å². The fourth-order valence-electron chi connectivity index (χ4n) is 1.01. The van der Waals surface area contributed by atoms with Crippen LogP contribution >= 0.6 is 0 Å². The van der Waals surface area contributed by atoms with Crippen molar-refractivity contribution in [1.82, 2.24) is 0 Å². The molecule has 1 aromatic carbocycles. The van der Waals surface area contributed by atoms with E-state index < -0.39 is 0 Å². The van der Waals surface area contributed by atoms with Crippen LogP contribution in [0.5, 0.6) is 11.5 Å². The Labute approximate surface area is 83.3 Å². The van der Waals surface area contributed by atoms with Crippen molar-refractivity contribution in [3.63, 3.8) is 0 Å². The second kappa shape index (κ2) is 5.34. The van der Waals surface area contributed by atoms with Crippen molar-refractivity contribution in [3.8, 4) is 11.5 Å². The van der Waals surface area contributed by atoms with Gasteiger partial charge in [0.1, 0.15) is 11.5 Å². The van der Waals surface area contributed by atoms with E-state index in [9.17, 15) is 0 Å². The molecule has 0 spiro atoms. The minimum Gasteiger partial charge on any atom is -0.497 e. The topological polar surface area (TPSA) is 64.7 Å². The first-order valence-corrected chi connectivity index (χ1v) is 4.45. The highest BCUT2D eigenvalue weighted by Crippen LogP contribution is 2.26. The molecule has 3 N–H and O–H groups in total. The van der Waals surface area contributed by atoms with Crippen molar-refractivity contribution in [2.75, 3.05) is 26.1 Å². The molecule has 0 fully saturated rings. The number of ether oxygens (including phenoxy) is 2. The standard InChI is InChI=1S/C10H15NO3/c1-13-8-3-4-9(11)10(7-8)14-6-2-5-12/h3-4,7,12H,2,5-6,11H2,1H3. The number of methoxy groups -OCH3 is 1. The summed E-state index contributed by atoms with van der Waals surface area (Å²) in [5, 5.41) is 8.58. The number of aliphatic hydroxyl groups is 1. The van der Waals surface area contributed by atoms with Crippen molar-refractivity contribution in [3.05, 3.63) is 18.2 Å². The molecule has 0 saturated carbocycles. The predicted octanol–water partition coefficient (Wildman–Crippen LogP) is 1.04. The Morgan fingerprint density at radius 2 is 2.21 bits per heavy atom. The van der Waals surface area contributed by atoms with Gasteiger partial charge in [-0.15, -0.1) is 0 Å². The van der Waals surface area contributed by atoms with Gasteiger partial charge in [0, 0.05) is 19.1 Å². The minimum atomic E-state index is 0.115. The van der Waals surface area contributed by atoms with Crippen LogP contribution in [0, 0.1) is 0 Å². The van der Waals surface area contributed by atoms with E-state index in [1.807, 2.05) is 0 Å². The van der Waals surface area contributed by atoms with E-state index in [2.05, 4.69) is 0 Å². The fraction of sp³-hybridized carbons (Fsp3) is 0.400. The van der Waals surface area contributed by atoms with E-state index in [1.54, 1.807) is 25.3 Å². The first kappa shape index (κ1) is 10.7. The van der Waals surface area contributed by atoms with Gasteiger partial charge in [0.15, 0.2) is 0 Å². The average molecular weight is 197 g/mol. The van der Waals surface area contributed by atoms with Gasteiger partial charge in [-0.05, 0) is 12.1 Å². The summed E-state index contributed by atoms with van der Waals surface area (Å²) >= 11 is 0. The predicted molar refractivity (Wildman–Crippen MR) is 54.6 cm³/mol. The molecule has 0 saturated heterocycles. The molecule has 4 heteroatoms. The van der Waals surface area contributed by atoms with Gasteiger partial charge in [0.05, 0.1) is 19.4 Å². The maximum Gasteiger partial charge on any atom is 0.145 e. The summed E-state index contributed by atoms with van der Waals surface area (Å²) in [5.74, 6) is 1.30. The normalized spacial score (nSPS) is 9.86. The Kier molecular flexibility index (Phi) is 4.07. The number of nitrogens with two attached hydrogens (primary N) is 1. The Morgan fingerprint density at radius 1 is 1.43 bits per heavy atom. The second-order valence-corrected chi connectivity index (χ2v) is 2.83. The first-order chi connectivity index (χ1) is 6.77. The Hall–Kier alpha value is -1.42. The third-order valence-electron chi connectivity index (χ3n) is 1.78. The quantitative estimate of drug-likeness (QED) is 0.546. The fourth-order valence-corrected chi connectivity index (χ4v) is 1.01. The molecule has 0 radical (unpaired) electrons. The monoisotopic (exact) mass is 197 g/mol. The van der Waals surface area contributed by atoms with E-state index >= 15 is 0 Å². The van der Waals surface area contributed by atoms with Gasteiger partial charge in [-0.2, -0.15) is 0 Å². The van der Waals surface area contributed by atoms with Crippen LogP contribution in [0.15, 0.2) is 18.2 Å². The van der Waals surface area contributed by atoms with Gasteiger partial charge < -0.3 is 20.3 Å². The van der Waals surface area contributed by atoms with Crippen molar-refractivity contribution < 1.29 is 14.6 Å². The average Bonchev–Trinajstić information content (AvgIpc) is 2.21. The molecule has 0 aliphatic rings. The number of aliphatic hydroxyl groups excluding tert-OH is 1. The number of nitrogen functional groups attached to an aromatic ring is 1. The van der Waals surface area contributed by atoms with Crippen LogP contribution < -0.4 is 15.2 Å². The maximum atomic E-state index is 8.58. The Balaban J connectivity index is 2.64. The maximum absolute atomic E-state index is 8.58. The lowest BCUT2D eigenvalue weighted by atomic mass is 10.3.